The third kappa shape index (κ3) is 5.58. The summed E-state index contributed by atoms with van der Waals surface area (Å²) in [5.41, 5.74) is 1.92. The van der Waals surface area contributed by atoms with Crippen LogP contribution < -0.4 is 10.1 Å². The molecule has 0 unspecified atom stereocenters. The summed E-state index contributed by atoms with van der Waals surface area (Å²) in [7, 11) is 0. The molecule has 4 heteroatoms. The highest BCUT2D eigenvalue weighted by Gasteiger charge is 2.09. The molecule has 0 aliphatic rings. The van der Waals surface area contributed by atoms with Crippen LogP contribution in [0.25, 0.3) is 6.08 Å². The van der Waals surface area contributed by atoms with Crippen LogP contribution in [0.2, 0.25) is 0 Å². The molecule has 0 saturated carbocycles. The van der Waals surface area contributed by atoms with Gasteiger partial charge in [-0.05, 0) is 47.9 Å². The third-order valence-corrected chi connectivity index (χ3v) is 4.06. The van der Waals surface area contributed by atoms with E-state index in [1.54, 1.807) is 12.1 Å². The number of nitrogens with one attached hydrogen (secondary N) is 1. The highest BCUT2D eigenvalue weighted by Crippen LogP contribution is 2.22. The molecule has 0 spiro atoms. The van der Waals surface area contributed by atoms with E-state index in [0.717, 1.165) is 16.9 Å². The molecule has 0 aromatic heterocycles. The van der Waals surface area contributed by atoms with Crippen molar-refractivity contribution in [2.45, 2.75) is 6.42 Å². The van der Waals surface area contributed by atoms with Gasteiger partial charge in [-0.3, -0.25) is 4.79 Å². The van der Waals surface area contributed by atoms with Gasteiger partial charge in [0.2, 0.25) is 0 Å². The minimum atomic E-state index is -0.382. The molecule has 1 amide bonds. The van der Waals surface area contributed by atoms with Crippen molar-refractivity contribution in [1.29, 1.82) is 5.26 Å². The fourth-order valence-corrected chi connectivity index (χ4v) is 2.67. The molecule has 3 rings (SSSR count). The second kappa shape index (κ2) is 9.75. The van der Waals surface area contributed by atoms with E-state index < -0.39 is 0 Å². The largest absolute Gasteiger partial charge is 0.457 e. The van der Waals surface area contributed by atoms with Crippen molar-refractivity contribution in [3.05, 3.63) is 102 Å². The van der Waals surface area contributed by atoms with Gasteiger partial charge >= 0.3 is 0 Å². The predicted molar refractivity (Wildman–Crippen MR) is 110 cm³/mol. The Hall–Kier alpha value is -3.84. The maximum Gasteiger partial charge on any atom is 0.261 e. The molecule has 0 radical (unpaired) electrons. The fraction of sp³-hybridized carbons (Fsp3) is 0.0833. The van der Waals surface area contributed by atoms with Gasteiger partial charge in [0.15, 0.2) is 0 Å². The summed E-state index contributed by atoms with van der Waals surface area (Å²) in [6, 6.07) is 28.6. The molecule has 1 N–H and O–H groups in total. The van der Waals surface area contributed by atoms with Crippen molar-refractivity contribution >= 4 is 12.0 Å². The van der Waals surface area contributed by atoms with Crippen molar-refractivity contribution in [3.8, 4) is 17.6 Å². The van der Waals surface area contributed by atoms with E-state index in [4.69, 9.17) is 4.74 Å². The standard InChI is InChI=1S/C24H20N2O2/c25-18-21(24(27)26-15-14-19-8-3-1-4-9-19)16-20-10-7-13-23(17-20)28-22-11-5-2-6-12-22/h1-13,16-17H,14-15H2,(H,26,27)/b21-16-. The normalized spacial score (nSPS) is 10.8. The molecule has 28 heavy (non-hydrogen) atoms. The van der Waals surface area contributed by atoms with E-state index in [2.05, 4.69) is 5.32 Å². The summed E-state index contributed by atoms with van der Waals surface area (Å²) in [6.07, 6.45) is 2.28. The Morgan fingerprint density at radius 1 is 0.929 bits per heavy atom. The van der Waals surface area contributed by atoms with Gasteiger partial charge in [-0.1, -0.05) is 60.7 Å². The fourth-order valence-electron chi connectivity index (χ4n) is 2.67. The number of para-hydroxylation sites is 1. The lowest BCUT2D eigenvalue weighted by Crippen LogP contribution is -2.26. The van der Waals surface area contributed by atoms with Crippen molar-refractivity contribution in [1.82, 2.24) is 5.32 Å². The highest BCUT2D eigenvalue weighted by molar-refractivity contribution is 6.01. The molecular formula is C24H20N2O2. The highest BCUT2D eigenvalue weighted by atomic mass is 16.5. The van der Waals surface area contributed by atoms with Crippen LogP contribution in [0.1, 0.15) is 11.1 Å². The molecule has 0 heterocycles. The first-order valence-corrected chi connectivity index (χ1v) is 9.01. The number of nitrogens with zero attached hydrogens (tertiary/aromatic N) is 1. The lowest BCUT2D eigenvalue weighted by molar-refractivity contribution is -0.117. The van der Waals surface area contributed by atoms with Gasteiger partial charge in [0, 0.05) is 6.54 Å². The number of amides is 1. The predicted octanol–water partition coefficient (Wildman–Crippen LogP) is 4.74. The Labute approximate surface area is 164 Å². The van der Waals surface area contributed by atoms with Gasteiger partial charge in [-0.15, -0.1) is 0 Å². The first-order chi connectivity index (χ1) is 13.7. The van der Waals surface area contributed by atoms with Gasteiger partial charge in [0.25, 0.3) is 5.91 Å². The second-order valence-corrected chi connectivity index (χ2v) is 6.15. The number of rotatable bonds is 7. The quantitative estimate of drug-likeness (QED) is 0.484. The Balaban J connectivity index is 1.64. The van der Waals surface area contributed by atoms with E-state index in [1.807, 2.05) is 84.9 Å². The van der Waals surface area contributed by atoms with Gasteiger partial charge in [0.1, 0.15) is 23.1 Å². The number of benzene rings is 3. The Morgan fingerprint density at radius 3 is 2.32 bits per heavy atom. The Kier molecular flexibility index (Phi) is 6.59. The molecule has 0 saturated heterocycles. The monoisotopic (exact) mass is 368 g/mol. The van der Waals surface area contributed by atoms with Crippen molar-refractivity contribution in [2.24, 2.45) is 0 Å². The minimum absolute atomic E-state index is 0.0601. The molecule has 138 valence electrons. The summed E-state index contributed by atoms with van der Waals surface area (Å²) < 4.78 is 5.80. The van der Waals surface area contributed by atoms with Crippen LogP contribution in [0.15, 0.2) is 90.5 Å². The number of carbonyl (C=O) groups excluding carboxylic acids is 1. The summed E-state index contributed by atoms with van der Waals surface area (Å²) in [5, 5.41) is 12.2. The average molecular weight is 368 g/mol. The molecule has 0 aliphatic heterocycles. The van der Waals surface area contributed by atoms with E-state index >= 15 is 0 Å². The van der Waals surface area contributed by atoms with Gasteiger partial charge < -0.3 is 10.1 Å². The van der Waals surface area contributed by atoms with Crippen LogP contribution in [0, 0.1) is 11.3 Å². The smallest absolute Gasteiger partial charge is 0.261 e. The van der Waals surface area contributed by atoms with Crippen LogP contribution in [0.3, 0.4) is 0 Å². The van der Waals surface area contributed by atoms with Gasteiger partial charge in [0.05, 0.1) is 0 Å². The summed E-state index contributed by atoms with van der Waals surface area (Å²) >= 11 is 0. The van der Waals surface area contributed by atoms with Crippen LogP contribution in [-0.4, -0.2) is 12.5 Å². The van der Waals surface area contributed by atoms with Crippen LogP contribution in [-0.2, 0) is 11.2 Å². The molecular weight excluding hydrogens is 348 g/mol. The number of hydrogen-bond donors (Lipinski definition) is 1. The molecule has 3 aromatic rings. The first-order valence-electron chi connectivity index (χ1n) is 9.01. The summed E-state index contributed by atoms with van der Waals surface area (Å²) in [4.78, 5) is 12.3. The first kappa shape index (κ1) is 18.9. The van der Waals surface area contributed by atoms with Gasteiger partial charge in [-0.25, -0.2) is 0 Å². The zero-order valence-corrected chi connectivity index (χ0v) is 15.3. The zero-order valence-electron chi connectivity index (χ0n) is 15.3. The molecule has 4 nitrogen and oxygen atoms in total. The van der Waals surface area contributed by atoms with Gasteiger partial charge in [-0.2, -0.15) is 5.26 Å². The molecule has 0 aliphatic carbocycles. The second-order valence-electron chi connectivity index (χ2n) is 6.15. The molecule has 0 fully saturated rings. The van der Waals surface area contributed by atoms with E-state index in [-0.39, 0.29) is 11.5 Å². The Morgan fingerprint density at radius 2 is 1.61 bits per heavy atom. The maximum atomic E-state index is 12.3. The minimum Gasteiger partial charge on any atom is -0.457 e. The average Bonchev–Trinajstić information content (AvgIpc) is 2.74. The number of hydrogen-bond acceptors (Lipinski definition) is 3. The van der Waals surface area contributed by atoms with Crippen LogP contribution >= 0.6 is 0 Å². The zero-order chi connectivity index (χ0) is 19.6. The van der Waals surface area contributed by atoms with Crippen molar-refractivity contribution in [2.75, 3.05) is 6.54 Å². The number of nitriles is 1. The summed E-state index contributed by atoms with van der Waals surface area (Å²) in [5.74, 6) is 0.984. The lowest BCUT2D eigenvalue weighted by atomic mass is 10.1. The van der Waals surface area contributed by atoms with E-state index in [0.29, 0.717) is 18.7 Å². The van der Waals surface area contributed by atoms with Crippen molar-refractivity contribution < 1.29 is 9.53 Å². The SMILES string of the molecule is N#C/C(=C/c1cccc(Oc2ccccc2)c1)C(=O)NCCc1ccccc1. The van der Waals surface area contributed by atoms with Crippen molar-refractivity contribution in [3.63, 3.8) is 0 Å². The topological polar surface area (TPSA) is 62.1 Å². The lowest BCUT2D eigenvalue weighted by Gasteiger charge is -2.07. The Bertz CT molecular complexity index is 990. The molecule has 0 bridgehead atoms. The number of carbonyl (C=O) groups is 1. The van der Waals surface area contributed by atoms with Crippen LogP contribution in [0.5, 0.6) is 11.5 Å². The number of ether oxygens (including phenoxy) is 1. The molecule has 3 aromatic carbocycles. The maximum absolute atomic E-state index is 12.3. The van der Waals surface area contributed by atoms with E-state index in [9.17, 15) is 10.1 Å². The molecule has 0 atom stereocenters. The van der Waals surface area contributed by atoms with Crippen LogP contribution in [0.4, 0.5) is 0 Å². The van der Waals surface area contributed by atoms with E-state index in [1.165, 1.54) is 0 Å². The summed E-state index contributed by atoms with van der Waals surface area (Å²) in [6.45, 7) is 0.471. The third-order valence-electron chi connectivity index (χ3n) is 4.06.